The van der Waals surface area contributed by atoms with Gasteiger partial charge in [0.25, 0.3) is 5.82 Å². The lowest BCUT2D eigenvalue weighted by molar-refractivity contribution is 0.0305. The highest BCUT2D eigenvalue weighted by Gasteiger charge is 2.29. The number of nitrogens with zero attached hydrogens (tertiary/aromatic N) is 3. The van der Waals surface area contributed by atoms with Gasteiger partial charge in [0, 0.05) is 11.3 Å². The maximum absolute atomic E-state index is 13.0. The van der Waals surface area contributed by atoms with E-state index >= 15 is 0 Å². The van der Waals surface area contributed by atoms with E-state index in [1.54, 1.807) is 18.5 Å². The van der Waals surface area contributed by atoms with Crippen LogP contribution in [0, 0.1) is 13.8 Å². The van der Waals surface area contributed by atoms with Gasteiger partial charge in [0.2, 0.25) is 5.78 Å². The van der Waals surface area contributed by atoms with Gasteiger partial charge in [0.05, 0.1) is 24.1 Å². The van der Waals surface area contributed by atoms with E-state index in [4.69, 9.17) is 9.47 Å². The first-order valence-corrected chi connectivity index (χ1v) is 10.9. The predicted molar refractivity (Wildman–Crippen MR) is 128 cm³/mol. The number of hydrogen-bond acceptors (Lipinski definition) is 7. The van der Waals surface area contributed by atoms with Gasteiger partial charge < -0.3 is 14.5 Å². The number of aromatic nitrogens is 4. The Labute approximate surface area is 201 Å². The highest BCUT2D eigenvalue weighted by Crippen LogP contribution is 2.23. The average Bonchev–Trinajstić information content (AvgIpc) is 3.45. The summed E-state index contributed by atoms with van der Waals surface area (Å²) >= 11 is 0. The topological polar surface area (TPSA) is 116 Å². The van der Waals surface area contributed by atoms with E-state index in [0.29, 0.717) is 17.1 Å². The van der Waals surface area contributed by atoms with Crippen molar-refractivity contribution >= 4 is 17.7 Å². The van der Waals surface area contributed by atoms with E-state index in [0.717, 1.165) is 11.3 Å². The van der Waals surface area contributed by atoms with Crippen molar-refractivity contribution in [2.24, 2.45) is 0 Å². The number of benzene rings is 2. The summed E-state index contributed by atoms with van der Waals surface area (Å²) in [7, 11) is 1.27. The lowest BCUT2D eigenvalue weighted by Gasteiger charge is -2.10. The Hall–Kier alpha value is -4.53. The fourth-order valence-corrected chi connectivity index (χ4v) is 3.80. The Morgan fingerprint density at radius 3 is 2.20 bits per heavy atom. The van der Waals surface area contributed by atoms with Gasteiger partial charge >= 0.3 is 11.9 Å². The van der Waals surface area contributed by atoms with Crippen molar-refractivity contribution in [3.63, 3.8) is 0 Å². The van der Waals surface area contributed by atoms with E-state index in [9.17, 15) is 14.4 Å². The number of methoxy groups -OCH3 is 1. The fourth-order valence-electron chi connectivity index (χ4n) is 3.80. The number of rotatable bonds is 7. The third-order valence-corrected chi connectivity index (χ3v) is 5.55. The summed E-state index contributed by atoms with van der Waals surface area (Å²) in [5.41, 5.74) is 2.86. The first kappa shape index (κ1) is 23.6. The van der Waals surface area contributed by atoms with Crippen LogP contribution in [0.2, 0.25) is 0 Å². The molecule has 1 atom stereocenters. The Balaban J connectivity index is 1.61. The molecule has 4 aromatic rings. The molecule has 0 saturated carbocycles. The number of ketones is 1. The number of carbonyl (C=O) groups is 3. The summed E-state index contributed by atoms with van der Waals surface area (Å²) in [4.78, 5) is 45.3. The number of ether oxygens (including phenoxy) is 2. The Kier molecular flexibility index (Phi) is 6.59. The van der Waals surface area contributed by atoms with Crippen LogP contribution in [-0.2, 0) is 9.47 Å². The summed E-state index contributed by atoms with van der Waals surface area (Å²) in [6.07, 6.45) is -1.14. The van der Waals surface area contributed by atoms with E-state index in [1.807, 2.05) is 60.7 Å². The Morgan fingerprint density at radius 2 is 1.57 bits per heavy atom. The summed E-state index contributed by atoms with van der Waals surface area (Å²) in [5.74, 6) is -1.60. The summed E-state index contributed by atoms with van der Waals surface area (Å²) in [6, 6.07) is 18.6. The van der Waals surface area contributed by atoms with Gasteiger partial charge in [-0.2, -0.15) is 0 Å². The molecule has 0 aliphatic carbocycles. The van der Waals surface area contributed by atoms with Crippen LogP contribution in [0.1, 0.15) is 49.6 Å². The van der Waals surface area contributed by atoms with Crippen LogP contribution in [0.4, 0.5) is 0 Å². The minimum atomic E-state index is -1.14. The van der Waals surface area contributed by atoms with Gasteiger partial charge in [-0.05, 0) is 38.5 Å². The SMILES string of the molecule is COC(=O)c1c(C)[nH]c(C(=O)C(C)OC(=O)c2nc(-c3ccccc3)n(-c3ccccc3)n2)c1C. The number of H-pyrrole nitrogens is 1. The molecule has 1 N–H and O–H groups in total. The molecular formula is C26H24N4O5. The number of carbonyl (C=O) groups excluding carboxylic acids is 3. The maximum Gasteiger partial charge on any atom is 0.378 e. The van der Waals surface area contributed by atoms with Gasteiger partial charge in [-0.3, -0.25) is 4.79 Å². The number of nitrogens with one attached hydrogen (secondary N) is 1. The molecule has 9 nitrogen and oxygen atoms in total. The van der Waals surface area contributed by atoms with Crippen molar-refractivity contribution in [3.8, 4) is 17.1 Å². The first-order valence-electron chi connectivity index (χ1n) is 10.9. The molecule has 2 heterocycles. The van der Waals surface area contributed by atoms with Gasteiger partial charge in [-0.15, -0.1) is 5.10 Å². The molecule has 0 fully saturated rings. The zero-order chi connectivity index (χ0) is 25.1. The summed E-state index contributed by atoms with van der Waals surface area (Å²) < 4.78 is 11.8. The number of aryl methyl sites for hydroxylation is 1. The molecule has 35 heavy (non-hydrogen) atoms. The molecule has 0 aliphatic rings. The van der Waals surface area contributed by atoms with Crippen molar-refractivity contribution in [2.45, 2.75) is 26.9 Å². The number of para-hydroxylation sites is 1. The normalized spacial score (nSPS) is 11.7. The second-order valence-electron chi connectivity index (χ2n) is 7.90. The van der Waals surface area contributed by atoms with Crippen LogP contribution >= 0.6 is 0 Å². The lowest BCUT2D eigenvalue weighted by Crippen LogP contribution is -2.26. The molecule has 178 valence electrons. The zero-order valence-electron chi connectivity index (χ0n) is 19.7. The number of esters is 2. The van der Waals surface area contributed by atoms with Gasteiger partial charge in [0.15, 0.2) is 11.9 Å². The molecule has 4 rings (SSSR count). The number of hydrogen-bond donors (Lipinski definition) is 1. The van der Waals surface area contributed by atoms with Gasteiger partial charge in [-0.25, -0.2) is 19.3 Å². The van der Waals surface area contributed by atoms with Crippen LogP contribution in [0.15, 0.2) is 60.7 Å². The zero-order valence-corrected chi connectivity index (χ0v) is 19.7. The first-order chi connectivity index (χ1) is 16.8. The molecular weight excluding hydrogens is 448 g/mol. The molecule has 0 spiro atoms. The Bertz CT molecular complexity index is 1330. The molecule has 0 amide bonds. The molecule has 2 aromatic heterocycles. The second kappa shape index (κ2) is 9.76. The minimum absolute atomic E-state index is 0.177. The minimum Gasteiger partial charge on any atom is -0.465 e. The molecule has 0 aliphatic heterocycles. The third-order valence-electron chi connectivity index (χ3n) is 5.55. The standard InChI is InChI=1S/C26H24N4O5/c1-15-20(25(32)34-4)16(2)27-21(15)22(31)17(3)35-26(33)23-28-24(18-11-7-5-8-12-18)30(29-23)19-13-9-6-10-14-19/h5-14,17,27H,1-4H3. The van der Waals surface area contributed by atoms with E-state index in [-0.39, 0.29) is 17.1 Å². The Morgan fingerprint density at radius 1 is 0.943 bits per heavy atom. The van der Waals surface area contributed by atoms with Crippen molar-refractivity contribution in [2.75, 3.05) is 7.11 Å². The molecule has 0 radical (unpaired) electrons. The third kappa shape index (κ3) is 4.61. The van der Waals surface area contributed by atoms with Gasteiger partial charge in [0.1, 0.15) is 0 Å². The van der Waals surface area contributed by atoms with Crippen molar-refractivity contribution in [1.82, 2.24) is 19.7 Å². The van der Waals surface area contributed by atoms with Crippen LogP contribution in [-0.4, -0.2) is 50.7 Å². The number of Topliss-reactive ketones (excluding diaryl/α,β-unsaturated/α-hetero) is 1. The molecule has 0 saturated heterocycles. The monoisotopic (exact) mass is 472 g/mol. The van der Waals surface area contributed by atoms with Crippen LogP contribution in [0.3, 0.4) is 0 Å². The van der Waals surface area contributed by atoms with E-state index in [2.05, 4.69) is 15.1 Å². The molecule has 2 aromatic carbocycles. The second-order valence-corrected chi connectivity index (χ2v) is 7.90. The maximum atomic E-state index is 13.0. The van der Waals surface area contributed by atoms with Crippen LogP contribution < -0.4 is 0 Å². The largest absolute Gasteiger partial charge is 0.465 e. The van der Waals surface area contributed by atoms with E-state index in [1.165, 1.54) is 14.0 Å². The molecule has 1 unspecified atom stereocenters. The smallest absolute Gasteiger partial charge is 0.378 e. The highest BCUT2D eigenvalue weighted by molar-refractivity contribution is 6.04. The summed E-state index contributed by atoms with van der Waals surface area (Å²) in [6.45, 7) is 4.75. The van der Waals surface area contributed by atoms with Crippen LogP contribution in [0.25, 0.3) is 17.1 Å². The van der Waals surface area contributed by atoms with Crippen molar-refractivity contribution in [1.29, 1.82) is 0 Å². The highest BCUT2D eigenvalue weighted by atomic mass is 16.5. The lowest BCUT2D eigenvalue weighted by atomic mass is 10.1. The van der Waals surface area contributed by atoms with Crippen molar-refractivity contribution in [3.05, 3.63) is 89.0 Å². The van der Waals surface area contributed by atoms with Gasteiger partial charge in [-0.1, -0.05) is 48.5 Å². The summed E-state index contributed by atoms with van der Waals surface area (Å²) in [5, 5.41) is 4.36. The predicted octanol–water partition coefficient (Wildman–Crippen LogP) is 4.09. The quantitative estimate of drug-likeness (QED) is 0.318. The molecule has 0 bridgehead atoms. The average molecular weight is 473 g/mol. The van der Waals surface area contributed by atoms with Crippen LogP contribution in [0.5, 0.6) is 0 Å². The van der Waals surface area contributed by atoms with E-state index < -0.39 is 23.8 Å². The van der Waals surface area contributed by atoms with Crippen molar-refractivity contribution < 1.29 is 23.9 Å². The molecule has 9 heteroatoms. The fraction of sp³-hybridized carbons (Fsp3) is 0.192. The number of aromatic amines is 1.